The van der Waals surface area contributed by atoms with Gasteiger partial charge in [0.2, 0.25) is 5.89 Å². The molecule has 24 heavy (non-hydrogen) atoms. The molecule has 0 unspecified atom stereocenters. The number of nitrogens with zero attached hydrogens (tertiary/aromatic N) is 1. The maximum Gasteiger partial charge on any atom is 0.228 e. The van der Waals surface area contributed by atoms with Crippen LogP contribution in [0, 0.1) is 0 Å². The summed E-state index contributed by atoms with van der Waals surface area (Å²) < 4.78 is 7.19. The molecular weight excluding hydrogens is 362 g/mol. The Morgan fingerprint density at radius 3 is 2.00 bits per heavy atom. The Morgan fingerprint density at radius 2 is 1.25 bits per heavy atom. The topological polar surface area (TPSA) is 26.0 Å². The monoisotopic (exact) mass is 373 g/mol. The summed E-state index contributed by atoms with van der Waals surface area (Å²) in [7, 11) is 0. The second kappa shape index (κ2) is 5.18. The Labute approximate surface area is 146 Å². The van der Waals surface area contributed by atoms with E-state index in [2.05, 4.69) is 52.3 Å². The van der Waals surface area contributed by atoms with Gasteiger partial charge in [0, 0.05) is 15.2 Å². The van der Waals surface area contributed by atoms with Gasteiger partial charge >= 0.3 is 0 Å². The van der Waals surface area contributed by atoms with Crippen LogP contribution < -0.4 is 0 Å². The number of benzene rings is 4. The molecule has 1 aromatic heterocycles. The molecule has 0 fully saturated rings. The lowest BCUT2D eigenvalue weighted by Gasteiger charge is -2.04. The third-order valence-corrected chi connectivity index (χ3v) is 5.07. The molecular formula is C21H12BrNO. The van der Waals surface area contributed by atoms with Gasteiger partial charge in [0.25, 0.3) is 0 Å². The average Bonchev–Trinajstić information content (AvgIpc) is 3.08. The molecule has 4 aromatic carbocycles. The molecule has 0 atom stereocenters. The van der Waals surface area contributed by atoms with Crippen LogP contribution in [0.1, 0.15) is 0 Å². The van der Waals surface area contributed by atoms with Crippen LogP contribution in [0.5, 0.6) is 0 Å². The third kappa shape index (κ3) is 1.91. The highest BCUT2D eigenvalue weighted by Crippen LogP contribution is 2.38. The molecule has 1 heterocycles. The first-order chi connectivity index (χ1) is 11.8. The minimum absolute atomic E-state index is 0.638. The molecule has 0 amide bonds. The first kappa shape index (κ1) is 13.8. The average molecular weight is 374 g/mol. The Balaban J connectivity index is 1.98. The van der Waals surface area contributed by atoms with Gasteiger partial charge in [-0.2, -0.15) is 0 Å². The Kier molecular flexibility index (Phi) is 2.97. The lowest BCUT2D eigenvalue weighted by Crippen LogP contribution is -1.81. The van der Waals surface area contributed by atoms with Crippen LogP contribution in [0.2, 0.25) is 0 Å². The molecule has 0 bridgehead atoms. The number of aromatic nitrogens is 1. The van der Waals surface area contributed by atoms with Gasteiger partial charge in [-0.05, 0) is 38.8 Å². The van der Waals surface area contributed by atoms with Crippen LogP contribution in [-0.4, -0.2) is 4.98 Å². The first-order valence-corrected chi connectivity index (χ1v) is 8.57. The van der Waals surface area contributed by atoms with E-state index in [1.807, 2.05) is 36.4 Å². The van der Waals surface area contributed by atoms with Gasteiger partial charge in [-0.15, -0.1) is 0 Å². The quantitative estimate of drug-likeness (QED) is 0.311. The molecule has 0 saturated heterocycles. The summed E-state index contributed by atoms with van der Waals surface area (Å²) in [5.41, 5.74) is 2.71. The summed E-state index contributed by atoms with van der Waals surface area (Å²) in [4.78, 5) is 4.83. The maximum atomic E-state index is 6.22. The lowest BCUT2D eigenvalue weighted by molar-refractivity contribution is 0.622. The van der Waals surface area contributed by atoms with Crippen molar-refractivity contribution in [2.24, 2.45) is 0 Å². The van der Waals surface area contributed by atoms with E-state index < -0.39 is 0 Å². The van der Waals surface area contributed by atoms with Gasteiger partial charge in [-0.3, -0.25) is 0 Å². The van der Waals surface area contributed by atoms with Crippen LogP contribution in [0.3, 0.4) is 0 Å². The van der Waals surface area contributed by atoms with E-state index in [-0.39, 0.29) is 0 Å². The molecule has 0 aliphatic heterocycles. The highest BCUT2D eigenvalue weighted by Gasteiger charge is 2.16. The zero-order valence-electron chi connectivity index (χ0n) is 12.7. The van der Waals surface area contributed by atoms with Crippen molar-refractivity contribution < 1.29 is 4.42 Å². The van der Waals surface area contributed by atoms with Crippen molar-refractivity contribution >= 4 is 48.6 Å². The fraction of sp³-hybridized carbons (Fsp3) is 0. The fourth-order valence-electron chi connectivity index (χ4n) is 3.28. The van der Waals surface area contributed by atoms with Gasteiger partial charge in [-0.25, -0.2) is 4.98 Å². The van der Waals surface area contributed by atoms with E-state index in [4.69, 9.17) is 9.40 Å². The van der Waals surface area contributed by atoms with E-state index in [1.165, 1.54) is 10.8 Å². The molecule has 2 nitrogen and oxygen atoms in total. The van der Waals surface area contributed by atoms with E-state index in [1.54, 1.807) is 0 Å². The van der Waals surface area contributed by atoms with Crippen molar-refractivity contribution in [3.05, 3.63) is 77.3 Å². The van der Waals surface area contributed by atoms with Crippen LogP contribution in [0.4, 0.5) is 0 Å². The predicted octanol–water partition coefficient (Wildman–Crippen LogP) is 6.56. The SMILES string of the molecule is Brc1ccccc1-c1nc2c3ccccc3c3ccccc3c2o1. The number of hydrogen-bond acceptors (Lipinski definition) is 2. The van der Waals surface area contributed by atoms with Crippen molar-refractivity contribution in [3.63, 3.8) is 0 Å². The minimum atomic E-state index is 0.638. The normalized spacial score (nSPS) is 11.5. The van der Waals surface area contributed by atoms with Crippen molar-refractivity contribution in [2.45, 2.75) is 0 Å². The summed E-state index contributed by atoms with van der Waals surface area (Å²) in [6.07, 6.45) is 0. The van der Waals surface area contributed by atoms with Crippen molar-refractivity contribution in [2.75, 3.05) is 0 Å². The maximum absolute atomic E-state index is 6.22. The van der Waals surface area contributed by atoms with Crippen molar-refractivity contribution in [1.29, 1.82) is 0 Å². The van der Waals surface area contributed by atoms with Gasteiger partial charge in [-0.1, -0.05) is 60.7 Å². The van der Waals surface area contributed by atoms with Gasteiger partial charge in [0.05, 0.1) is 5.56 Å². The molecule has 0 aliphatic carbocycles. The third-order valence-electron chi connectivity index (χ3n) is 4.38. The van der Waals surface area contributed by atoms with Crippen molar-refractivity contribution in [1.82, 2.24) is 4.98 Å². The molecule has 114 valence electrons. The lowest BCUT2D eigenvalue weighted by atomic mass is 10.0. The molecule has 0 saturated carbocycles. The zero-order chi connectivity index (χ0) is 16.1. The molecule has 0 radical (unpaired) electrons. The summed E-state index contributed by atoms with van der Waals surface area (Å²) in [5.74, 6) is 0.638. The molecule has 0 aliphatic rings. The largest absolute Gasteiger partial charge is 0.435 e. The summed E-state index contributed by atoms with van der Waals surface area (Å²) in [5, 5.41) is 4.60. The van der Waals surface area contributed by atoms with E-state index in [0.717, 1.165) is 31.9 Å². The van der Waals surface area contributed by atoms with Crippen molar-refractivity contribution in [3.8, 4) is 11.5 Å². The molecule has 0 N–H and O–H groups in total. The molecule has 3 heteroatoms. The Morgan fingerprint density at radius 1 is 0.667 bits per heavy atom. The standard InChI is InChI=1S/C21H12BrNO/c22-18-12-6-5-11-17(18)21-23-19-15-9-3-1-7-13(15)14-8-2-4-10-16(14)20(19)24-21/h1-12H. The Bertz CT molecular complexity index is 1150. The van der Waals surface area contributed by atoms with Gasteiger partial charge in [0.1, 0.15) is 5.52 Å². The van der Waals surface area contributed by atoms with E-state index in [9.17, 15) is 0 Å². The number of rotatable bonds is 1. The van der Waals surface area contributed by atoms with Crippen LogP contribution >= 0.6 is 15.9 Å². The van der Waals surface area contributed by atoms with Gasteiger partial charge < -0.3 is 4.42 Å². The first-order valence-electron chi connectivity index (χ1n) is 7.78. The smallest absolute Gasteiger partial charge is 0.228 e. The summed E-state index contributed by atoms with van der Waals surface area (Å²) >= 11 is 3.59. The van der Waals surface area contributed by atoms with E-state index in [0.29, 0.717) is 5.89 Å². The van der Waals surface area contributed by atoms with Crippen LogP contribution in [0.15, 0.2) is 81.7 Å². The highest BCUT2D eigenvalue weighted by molar-refractivity contribution is 9.10. The second-order valence-electron chi connectivity index (χ2n) is 5.77. The molecule has 5 rings (SSSR count). The number of oxazole rings is 1. The van der Waals surface area contributed by atoms with E-state index >= 15 is 0 Å². The Hall–Kier alpha value is -2.65. The van der Waals surface area contributed by atoms with Crippen LogP contribution in [0.25, 0.3) is 44.1 Å². The zero-order valence-corrected chi connectivity index (χ0v) is 14.2. The highest BCUT2D eigenvalue weighted by atomic mass is 79.9. The number of hydrogen-bond donors (Lipinski definition) is 0. The number of fused-ring (bicyclic) bond motifs is 6. The molecule has 0 spiro atoms. The van der Waals surface area contributed by atoms with Gasteiger partial charge in [0.15, 0.2) is 5.58 Å². The molecule has 5 aromatic rings. The van der Waals surface area contributed by atoms with Crippen LogP contribution in [-0.2, 0) is 0 Å². The predicted molar refractivity (Wildman–Crippen MR) is 102 cm³/mol. The summed E-state index contributed by atoms with van der Waals surface area (Å²) in [6.45, 7) is 0. The number of halogens is 1. The second-order valence-corrected chi connectivity index (χ2v) is 6.62. The fourth-order valence-corrected chi connectivity index (χ4v) is 3.73. The minimum Gasteiger partial charge on any atom is -0.435 e. The summed E-state index contributed by atoms with van der Waals surface area (Å²) in [6, 6.07) is 24.7.